The zero-order valence-corrected chi connectivity index (χ0v) is 9.68. The summed E-state index contributed by atoms with van der Waals surface area (Å²) in [6, 6.07) is 0. The molecule has 1 heterocycles. The topological polar surface area (TPSA) is 82.1 Å². The van der Waals surface area contributed by atoms with E-state index in [1.165, 1.54) is 0 Å². The summed E-state index contributed by atoms with van der Waals surface area (Å²) in [5.41, 5.74) is -5.34. The van der Waals surface area contributed by atoms with Crippen molar-refractivity contribution in [3.63, 3.8) is 0 Å². The molecule has 16 heavy (non-hydrogen) atoms. The zero-order chi connectivity index (χ0) is 12.6. The maximum Gasteiger partial charge on any atom is 0.572 e. The van der Waals surface area contributed by atoms with Gasteiger partial charge in [-0.25, -0.2) is 8.42 Å². The molecular formula is C5H9F3O6PS+. The first kappa shape index (κ1) is 14.1. The van der Waals surface area contributed by atoms with Gasteiger partial charge < -0.3 is 0 Å². The van der Waals surface area contributed by atoms with Gasteiger partial charge in [-0.1, -0.05) is 0 Å². The third-order valence-electron chi connectivity index (χ3n) is 1.69. The lowest BCUT2D eigenvalue weighted by atomic mass is 10.4. The summed E-state index contributed by atoms with van der Waals surface area (Å²) in [5, 5.41) is 0. The van der Waals surface area contributed by atoms with Crippen molar-refractivity contribution in [2.24, 2.45) is 0 Å². The van der Waals surface area contributed by atoms with Crippen LogP contribution in [-0.4, -0.2) is 44.4 Å². The van der Waals surface area contributed by atoms with Crippen molar-refractivity contribution >= 4 is 18.0 Å². The Morgan fingerprint density at radius 2 is 2.12 bits per heavy atom. The molecule has 0 aromatic heterocycles. The van der Waals surface area contributed by atoms with Crippen LogP contribution in [0.1, 0.15) is 0 Å². The normalized spacial score (nSPS) is 31.9. The number of sulfone groups is 1. The average Bonchev–Trinajstić information content (AvgIpc) is 2.46. The molecule has 0 aromatic rings. The van der Waals surface area contributed by atoms with Gasteiger partial charge in [-0.05, 0) is 0 Å². The molecule has 2 atom stereocenters. The minimum absolute atomic E-state index is 0.465. The van der Waals surface area contributed by atoms with Crippen molar-refractivity contribution < 1.29 is 40.1 Å². The van der Waals surface area contributed by atoms with E-state index >= 15 is 0 Å². The van der Waals surface area contributed by atoms with Crippen LogP contribution in [0.4, 0.5) is 13.2 Å². The summed E-state index contributed by atoms with van der Waals surface area (Å²) in [4.78, 5) is 9.24. The van der Waals surface area contributed by atoms with E-state index in [9.17, 15) is 26.5 Å². The number of hydrogen-bond acceptors (Lipinski definition) is 6. The second-order valence-electron chi connectivity index (χ2n) is 2.90. The summed E-state index contributed by atoms with van der Waals surface area (Å²) < 4.78 is 70.9. The molecule has 1 aliphatic rings. The molecule has 1 fully saturated rings. The first-order valence-electron chi connectivity index (χ1n) is 3.89. The smallest absolute Gasteiger partial charge is 0.219 e. The van der Waals surface area contributed by atoms with Crippen LogP contribution in [0.3, 0.4) is 0 Å². The van der Waals surface area contributed by atoms with Gasteiger partial charge in [0.25, 0.3) is 9.84 Å². The van der Waals surface area contributed by atoms with E-state index in [1.807, 2.05) is 0 Å². The minimum atomic E-state index is -5.34. The fourth-order valence-corrected chi connectivity index (χ4v) is 3.00. The Morgan fingerprint density at radius 3 is 2.50 bits per heavy atom. The molecule has 1 rings (SSSR count). The fourth-order valence-electron chi connectivity index (χ4n) is 0.940. The predicted octanol–water partition coefficient (Wildman–Crippen LogP) is 0.653. The molecule has 1 saturated heterocycles. The van der Waals surface area contributed by atoms with Crippen LogP contribution < -0.4 is 0 Å². The van der Waals surface area contributed by atoms with Gasteiger partial charge in [0, 0.05) is 0 Å². The van der Waals surface area contributed by atoms with Gasteiger partial charge in [0.05, 0.1) is 12.9 Å². The number of rotatable bonds is 3. The van der Waals surface area contributed by atoms with E-state index in [0.717, 1.165) is 7.11 Å². The molecule has 0 radical (unpaired) electrons. The van der Waals surface area contributed by atoms with Gasteiger partial charge in [-0.3, -0.25) is 0 Å². The van der Waals surface area contributed by atoms with Crippen LogP contribution in [0.15, 0.2) is 0 Å². The second-order valence-corrected chi connectivity index (χ2v) is 6.70. The summed E-state index contributed by atoms with van der Waals surface area (Å²) >= 11 is 0. The summed E-state index contributed by atoms with van der Waals surface area (Å²) in [7, 11) is -7.88. The highest BCUT2D eigenvalue weighted by atomic mass is 32.2. The molecule has 0 aromatic carbocycles. The SMILES string of the molecule is CO[P+]1(O)OCC(CS(=O)(=O)C(F)(F)F)O1. The van der Waals surface area contributed by atoms with E-state index in [4.69, 9.17) is 0 Å². The largest absolute Gasteiger partial charge is 0.572 e. The van der Waals surface area contributed by atoms with Gasteiger partial charge in [-0.2, -0.15) is 27.1 Å². The van der Waals surface area contributed by atoms with Gasteiger partial charge >= 0.3 is 13.7 Å². The predicted molar refractivity (Wildman–Crippen MR) is 46.8 cm³/mol. The van der Waals surface area contributed by atoms with Crippen molar-refractivity contribution in [3.05, 3.63) is 0 Å². The van der Waals surface area contributed by atoms with Crippen molar-refractivity contribution in [2.45, 2.75) is 11.6 Å². The molecule has 96 valence electrons. The molecule has 0 spiro atoms. The van der Waals surface area contributed by atoms with Gasteiger partial charge in [0.1, 0.15) is 6.61 Å². The molecule has 0 aliphatic carbocycles. The molecule has 6 nitrogen and oxygen atoms in total. The quantitative estimate of drug-likeness (QED) is 0.767. The van der Waals surface area contributed by atoms with Crippen LogP contribution >= 0.6 is 8.17 Å². The first-order chi connectivity index (χ1) is 7.10. The maximum absolute atomic E-state index is 12.0. The monoisotopic (exact) mass is 285 g/mol. The Hall–Kier alpha value is 0.01000. The minimum Gasteiger partial charge on any atom is -0.219 e. The highest BCUT2D eigenvalue weighted by molar-refractivity contribution is 7.92. The van der Waals surface area contributed by atoms with Gasteiger partial charge in [0.2, 0.25) is 0 Å². The molecule has 0 saturated carbocycles. The third kappa shape index (κ3) is 3.02. The highest BCUT2D eigenvalue weighted by Crippen LogP contribution is 2.62. The van der Waals surface area contributed by atoms with E-state index in [1.54, 1.807) is 0 Å². The van der Waals surface area contributed by atoms with Gasteiger partial charge in [0.15, 0.2) is 6.10 Å². The Balaban J connectivity index is 2.66. The van der Waals surface area contributed by atoms with Gasteiger partial charge in [-0.15, -0.1) is 4.52 Å². The van der Waals surface area contributed by atoms with Crippen LogP contribution in [0.2, 0.25) is 0 Å². The number of alkyl halides is 3. The standard InChI is InChI=1S/C5H9F3O6PS/c1-12-15(9)13-2-4(14-15)3-16(10,11)5(6,7)8/h4,9H,2-3H2,1H3/q+1. The second kappa shape index (κ2) is 4.35. The Morgan fingerprint density at radius 1 is 1.56 bits per heavy atom. The van der Waals surface area contributed by atoms with Crippen molar-refractivity contribution in [2.75, 3.05) is 19.5 Å². The molecule has 1 N–H and O–H groups in total. The van der Waals surface area contributed by atoms with Crippen LogP contribution in [0.5, 0.6) is 0 Å². The van der Waals surface area contributed by atoms with Crippen molar-refractivity contribution in [1.29, 1.82) is 0 Å². The highest BCUT2D eigenvalue weighted by Gasteiger charge is 2.56. The number of halogens is 3. The van der Waals surface area contributed by atoms with E-state index < -0.39 is 42.0 Å². The zero-order valence-electron chi connectivity index (χ0n) is 7.97. The summed E-state index contributed by atoms with van der Waals surface area (Å²) in [5.74, 6) is -1.30. The van der Waals surface area contributed by atoms with E-state index in [-0.39, 0.29) is 0 Å². The lowest BCUT2D eigenvalue weighted by Crippen LogP contribution is -2.33. The first-order valence-corrected chi connectivity index (χ1v) is 7.04. The van der Waals surface area contributed by atoms with Crippen LogP contribution in [0.25, 0.3) is 0 Å². The molecule has 2 unspecified atom stereocenters. The molecule has 11 heteroatoms. The maximum atomic E-state index is 12.0. The third-order valence-corrected chi connectivity index (χ3v) is 4.71. The van der Waals surface area contributed by atoms with E-state index in [2.05, 4.69) is 13.6 Å². The molecule has 0 amide bonds. The molecule has 1 aliphatic heterocycles. The Bertz CT molecular complexity index is 356. The fraction of sp³-hybridized carbons (Fsp3) is 1.00. The molecular weight excluding hydrogens is 276 g/mol. The van der Waals surface area contributed by atoms with Crippen LogP contribution in [-0.2, 0) is 23.4 Å². The summed E-state index contributed by atoms with van der Waals surface area (Å²) in [6.45, 7) is -0.465. The lowest BCUT2D eigenvalue weighted by Gasteiger charge is -2.09. The van der Waals surface area contributed by atoms with Crippen molar-refractivity contribution in [3.8, 4) is 0 Å². The Labute approximate surface area is 89.9 Å². The Kier molecular flexibility index (Phi) is 3.83. The number of hydrogen-bond donors (Lipinski definition) is 1. The van der Waals surface area contributed by atoms with Crippen LogP contribution in [0, 0.1) is 0 Å². The summed E-state index contributed by atoms with van der Waals surface area (Å²) in [6.07, 6.45) is -1.38. The lowest BCUT2D eigenvalue weighted by molar-refractivity contribution is -0.0442. The molecule has 0 bridgehead atoms. The van der Waals surface area contributed by atoms with Crippen molar-refractivity contribution in [1.82, 2.24) is 0 Å². The average molecular weight is 285 g/mol. The van der Waals surface area contributed by atoms with E-state index in [0.29, 0.717) is 0 Å².